The van der Waals surface area contributed by atoms with Gasteiger partial charge in [-0.05, 0) is 6.92 Å². The van der Waals surface area contributed by atoms with Crippen LogP contribution in [0.3, 0.4) is 0 Å². The first kappa shape index (κ1) is 6.73. The van der Waals surface area contributed by atoms with E-state index in [0.29, 0.717) is 5.82 Å². The number of aromatic nitrogens is 3. The molecular weight excluding hydrogens is 134 g/mol. The maximum Gasteiger partial charge on any atom is 0.376 e. The summed E-state index contributed by atoms with van der Waals surface area (Å²) in [4.78, 5) is 13.3. The summed E-state index contributed by atoms with van der Waals surface area (Å²) in [6, 6.07) is 0. The molecule has 0 saturated carbocycles. The third kappa shape index (κ3) is 1.12. The minimum absolute atomic E-state index is 0.139. The van der Waals surface area contributed by atoms with Crippen molar-refractivity contribution in [1.82, 2.24) is 15.2 Å². The molecule has 0 amide bonds. The number of H-pyrrole nitrogens is 1. The van der Waals surface area contributed by atoms with Crippen LogP contribution in [-0.4, -0.2) is 28.3 Å². The molecule has 0 saturated heterocycles. The number of aryl methyl sites for hydroxylation is 1. The summed E-state index contributed by atoms with van der Waals surface area (Å²) in [5.41, 5.74) is 0. The number of ether oxygens (including phenoxy) is 1. The second kappa shape index (κ2) is 2.47. The molecule has 0 bridgehead atoms. The number of methoxy groups -OCH3 is 1. The number of hydrogen-bond acceptors (Lipinski definition) is 4. The van der Waals surface area contributed by atoms with Crippen LogP contribution in [0.5, 0.6) is 0 Å². The standard InChI is InChI=1S/C5H7N3O2/c1-3-6-4(8-7-3)5(9)10-2/h1-2H3,(H,6,7,8). The third-order valence-corrected chi connectivity index (χ3v) is 0.978. The Bertz CT molecular complexity index is 243. The average Bonchev–Trinajstić information content (AvgIpc) is 2.34. The van der Waals surface area contributed by atoms with E-state index in [4.69, 9.17) is 0 Å². The molecule has 0 aliphatic carbocycles. The molecule has 0 fully saturated rings. The summed E-state index contributed by atoms with van der Waals surface area (Å²) in [5.74, 6) is 0.237. The van der Waals surface area contributed by atoms with Crippen LogP contribution in [0.15, 0.2) is 0 Å². The van der Waals surface area contributed by atoms with E-state index in [2.05, 4.69) is 19.9 Å². The SMILES string of the molecule is COC(=O)c1nnc(C)[nH]1. The highest BCUT2D eigenvalue weighted by atomic mass is 16.5. The summed E-state index contributed by atoms with van der Waals surface area (Å²) in [5, 5.41) is 7.09. The molecule has 5 nitrogen and oxygen atoms in total. The zero-order valence-corrected chi connectivity index (χ0v) is 5.71. The second-order valence-electron chi connectivity index (χ2n) is 1.75. The molecule has 0 radical (unpaired) electrons. The summed E-state index contributed by atoms with van der Waals surface area (Å²) < 4.78 is 4.38. The van der Waals surface area contributed by atoms with Gasteiger partial charge in [0, 0.05) is 0 Å². The Labute approximate surface area is 57.4 Å². The molecule has 0 aliphatic rings. The number of nitrogens with zero attached hydrogens (tertiary/aromatic N) is 2. The molecule has 0 aliphatic heterocycles. The van der Waals surface area contributed by atoms with Gasteiger partial charge in [-0.3, -0.25) is 0 Å². The number of nitrogens with one attached hydrogen (secondary N) is 1. The monoisotopic (exact) mass is 141 g/mol. The Morgan fingerprint density at radius 3 is 2.70 bits per heavy atom. The van der Waals surface area contributed by atoms with Crippen molar-refractivity contribution in [3.8, 4) is 0 Å². The smallest absolute Gasteiger partial charge is 0.376 e. The fraction of sp³-hybridized carbons (Fsp3) is 0.400. The largest absolute Gasteiger partial charge is 0.463 e. The van der Waals surface area contributed by atoms with Crippen LogP contribution in [0, 0.1) is 6.92 Å². The molecule has 54 valence electrons. The van der Waals surface area contributed by atoms with Gasteiger partial charge in [0.1, 0.15) is 5.82 Å². The number of hydrogen-bond donors (Lipinski definition) is 1. The third-order valence-electron chi connectivity index (χ3n) is 0.978. The van der Waals surface area contributed by atoms with E-state index in [9.17, 15) is 4.79 Å². The predicted molar refractivity (Wildman–Crippen MR) is 32.5 cm³/mol. The van der Waals surface area contributed by atoms with Gasteiger partial charge in [0.2, 0.25) is 5.82 Å². The highest BCUT2D eigenvalue weighted by molar-refractivity contribution is 5.84. The minimum atomic E-state index is -0.499. The number of rotatable bonds is 1. The fourth-order valence-electron chi connectivity index (χ4n) is 0.535. The van der Waals surface area contributed by atoms with Crippen LogP contribution in [-0.2, 0) is 4.74 Å². The van der Waals surface area contributed by atoms with Gasteiger partial charge >= 0.3 is 5.97 Å². The zero-order valence-electron chi connectivity index (χ0n) is 5.71. The lowest BCUT2D eigenvalue weighted by Gasteiger charge is -1.89. The molecule has 1 rings (SSSR count). The number of aromatic amines is 1. The minimum Gasteiger partial charge on any atom is -0.463 e. The number of carbonyl (C=O) groups is 1. The molecule has 5 heteroatoms. The highest BCUT2D eigenvalue weighted by Gasteiger charge is 2.08. The van der Waals surface area contributed by atoms with Crippen LogP contribution < -0.4 is 0 Å². The summed E-state index contributed by atoms with van der Waals surface area (Å²) in [6.07, 6.45) is 0. The Balaban J connectivity index is 2.85. The molecule has 0 atom stereocenters. The van der Waals surface area contributed by atoms with E-state index in [1.165, 1.54) is 7.11 Å². The van der Waals surface area contributed by atoms with Crippen LogP contribution >= 0.6 is 0 Å². The Kier molecular flexibility index (Phi) is 1.66. The second-order valence-corrected chi connectivity index (χ2v) is 1.75. The Hall–Kier alpha value is -1.39. The molecule has 0 spiro atoms. The van der Waals surface area contributed by atoms with Crippen LogP contribution in [0.2, 0.25) is 0 Å². The van der Waals surface area contributed by atoms with E-state index in [-0.39, 0.29) is 5.82 Å². The van der Waals surface area contributed by atoms with E-state index >= 15 is 0 Å². The lowest BCUT2D eigenvalue weighted by atomic mass is 10.6. The van der Waals surface area contributed by atoms with Crippen LogP contribution in [0.1, 0.15) is 16.4 Å². The van der Waals surface area contributed by atoms with Gasteiger partial charge in [0.25, 0.3) is 0 Å². The summed E-state index contributed by atoms with van der Waals surface area (Å²) in [6.45, 7) is 1.71. The number of esters is 1. The van der Waals surface area contributed by atoms with Gasteiger partial charge in [-0.2, -0.15) is 0 Å². The topological polar surface area (TPSA) is 67.9 Å². The summed E-state index contributed by atoms with van der Waals surface area (Å²) >= 11 is 0. The van der Waals surface area contributed by atoms with Crippen molar-refractivity contribution in [1.29, 1.82) is 0 Å². The van der Waals surface area contributed by atoms with E-state index in [1.807, 2.05) is 0 Å². The molecule has 1 aromatic heterocycles. The van der Waals surface area contributed by atoms with Crippen molar-refractivity contribution < 1.29 is 9.53 Å². The maximum absolute atomic E-state index is 10.7. The van der Waals surface area contributed by atoms with E-state index in [0.717, 1.165) is 0 Å². The number of carbonyl (C=O) groups excluding carboxylic acids is 1. The van der Waals surface area contributed by atoms with Crippen LogP contribution in [0.4, 0.5) is 0 Å². The first-order valence-corrected chi connectivity index (χ1v) is 2.71. The molecule has 1 N–H and O–H groups in total. The first-order chi connectivity index (χ1) is 4.74. The van der Waals surface area contributed by atoms with E-state index < -0.39 is 5.97 Å². The normalized spacial score (nSPS) is 9.40. The quantitative estimate of drug-likeness (QED) is 0.554. The van der Waals surface area contributed by atoms with Gasteiger partial charge < -0.3 is 9.72 Å². The summed E-state index contributed by atoms with van der Waals surface area (Å²) in [7, 11) is 1.29. The van der Waals surface area contributed by atoms with Crippen molar-refractivity contribution in [2.24, 2.45) is 0 Å². The maximum atomic E-state index is 10.7. The first-order valence-electron chi connectivity index (χ1n) is 2.71. The molecular formula is C5H7N3O2. The predicted octanol–water partition coefficient (Wildman–Crippen LogP) is -0.100. The molecule has 1 heterocycles. The molecule has 1 aromatic rings. The van der Waals surface area contributed by atoms with Crippen molar-refractivity contribution in [2.45, 2.75) is 6.92 Å². The van der Waals surface area contributed by atoms with Gasteiger partial charge in [0.05, 0.1) is 7.11 Å². The van der Waals surface area contributed by atoms with Gasteiger partial charge in [-0.1, -0.05) is 0 Å². The molecule has 0 unspecified atom stereocenters. The van der Waals surface area contributed by atoms with Crippen molar-refractivity contribution >= 4 is 5.97 Å². The van der Waals surface area contributed by atoms with Gasteiger partial charge in [-0.15, -0.1) is 10.2 Å². The van der Waals surface area contributed by atoms with Gasteiger partial charge in [0.15, 0.2) is 0 Å². The lowest BCUT2D eigenvalue weighted by molar-refractivity contribution is 0.0587. The lowest BCUT2D eigenvalue weighted by Crippen LogP contribution is -2.03. The highest BCUT2D eigenvalue weighted by Crippen LogP contribution is 1.91. The molecule has 0 aromatic carbocycles. The fourth-order valence-corrected chi connectivity index (χ4v) is 0.535. The van der Waals surface area contributed by atoms with E-state index in [1.54, 1.807) is 6.92 Å². The van der Waals surface area contributed by atoms with Crippen molar-refractivity contribution in [2.75, 3.05) is 7.11 Å². The Morgan fingerprint density at radius 2 is 2.30 bits per heavy atom. The van der Waals surface area contributed by atoms with Crippen molar-refractivity contribution in [3.05, 3.63) is 11.6 Å². The zero-order chi connectivity index (χ0) is 7.56. The van der Waals surface area contributed by atoms with Crippen LogP contribution in [0.25, 0.3) is 0 Å². The van der Waals surface area contributed by atoms with Gasteiger partial charge in [-0.25, -0.2) is 4.79 Å². The van der Waals surface area contributed by atoms with Crippen molar-refractivity contribution in [3.63, 3.8) is 0 Å². The Morgan fingerprint density at radius 1 is 1.60 bits per heavy atom. The average molecular weight is 141 g/mol. The molecule has 10 heavy (non-hydrogen) atoms.